The topological polar surface area (TPSA) is 148 Å². The third kappa shape index (κ3) is 4.78. The number of carbonyl (C=O) groups excluding carboxylic acids is 1. The number of aromatic amines is 1. The number of H-pyrrole nitrogens is 1. The number of carbonyl (C=O) groups is 1. The SMILES string of the molecule is CC(C)NC(=O)c1nc(Nc2ccccc2Cl)nc(Nc2cc(C3CC3)n[nH]2)c1[N+](=O)O. The fraction of sp³-hybridized carbons (Fsp3) is 0.300. The maximum Gasteiger partial charge on any atom is 0.389 e. The van der Waals surface area contributed by atoms with Crippen LogP contribution in [0.1, 0.15) is 48.8 Å². The summed E-state index contributed by atoms with van der Waals surface area (Å²) in [7, 11) is 0. The predicted molar refractivity (Wildman–Crippen MR) is 118 cm³/mol. The van der Waals surface area contributed by atoms with Gasteiger partial charge < -0.3 is 16.0 Å². The van der Waals surface area contributed by atoms with Crippen molar-refractivity contribution < 1.29 is 14.9 Å². The Morgan fingerprint density at radius 1 is 1.25 bits per heavy atom. The maximum absolute atomic E-state index is 12.8. The second-order valence-electron chi connectivity index (χ2n) is 7.70. The minimum atomic E-state index is -0.652. The monoisotopic (exact) mass is 457 g/mol. The van der Waals surface area contributed by atoms with Crippen LogP contribution in [0.4, 0.5) is 29.0 Å². The normalized spacial score (nSPS) is 13.1. The average molecular weight is 458 g/mol. The molecule has 1 saturated carbocycles. The Balaban J connectivity index is 1.77. The summed E-state index contributed by atoms with van der Waals surface area (Å²) in [6.45, 7) is 3.53. The molecule has 166 valence electrons. The second kappa shape index (κ2) is 8.79. The summed E-state index contributed by atoms with van der Waals surface area (Å²) in [5.41, 5.74) is 0.641. The fourth-order valence-electron chi connectivity index (χ4n) is 3.07. The van der Waals surface area contributed by atoms with Gasteiger partial charge in [-0.25, -0.2) is 5.21 Å². The first kappa shape index (κ1) is 21.5. The number of aromatic nitrogens is 4. The van der Waals surface area contributed by atoms with E-state index in [4.69, 9.17) is 11.6 Å². The fourth-order valence-corrected chi connectivity index (χ4v) is 3.25. The lowest BCUT2D eigenvalue weighted by Crippen LogP contribution is -2.32. The molecule has 0 unspecified atom stereocenters. The van der Waals surface area contributed by atoms with Crippen molar-refractivity contribution >= 4 is 46.5 Å². The molecule has 2 aromatic heterocycles. The van der Waals surface area contributed by atoms with Crippen molar-refractivity contribution in [3.05, 3.63) is 51.6 Å². The lowest BCUT2D eigenvalue weighted by atomic mass is 10.2. The number of amides is 1. The van der Waals surface area contributed by atoms with E-state index >= 15 is 0 Å². The van der Waals surface area contributed by atoms with E-state index in [0.717, 1.165) is 18.5 Å². The van der Waals surface area contributed by atoms with Crippen LogP contribution < -0.4 is 16.0 Å². The summed E-state index contributed by atoms with van der Waals surface area (Å²) in [4.78, 5) is 32.8. The standard InChI is InChI=1S/C20H21ClN8O3/c1-10(2)22-19(30)16-17(29(31)32)18(24-15-9-14(27-28-15)11-7-8-11)26-20(25-16)23-13-6-4-3-5-12(13)21/h3-6,9-11H,7-8H2,1-2H3,(H4-,22,23,24,25,26,27,28,30,31,32)/p+1. The van der Waals surface area contributed by atoms with Crippen LogP contribution in [0.3, 0.4) is 0 Å². The number of hydrogen-bond acceptors (Lipinski definition) is 7. The van der Waals surface area contributed by atoms with Crippen LogP contribution in [0.5, 0.6) is 0 Å². The van der Waals surface area contributed by atoms with Crippen LogP contribution in [0.2, 0.25) is 5.02 Å². The van der Waals surface area contributed by atoms with E-state index in [1.165, 1.54) is 0 Å². The zero-order chi connectivity index (χ0) is 22.8. The van der Waals surface area contributed by atoms with Gasteiger partial charge in [0.05, 0.1) is 21.3 Å². The molecule has 1 aliphatic rings. The molecule has 0 bridgehead atoms. The highest BCUT2D eigenvalue weighted by atomic mass is 35.5. The van der Waals surface area contributed by atoms with E-state index in [2.05, 4.69) is 36.1 Å². The molecule has 0 atom stereocenters. The molecule has 3 aromatic rings. The van der Waals surface area contributed by atoms with Crippen LogP contribution in [0, 0.1) is 4.91 Å². The van der Waals surface area contributed by atoms with Gasteiger partial charge in [0.1, 0.15) is 5.82 Å². The maximum atomic E-state index is 12.8. The molecule has 1 fully saturated rings. The van der Waals surface area contributed by atoms with Crippen molar-refractivity contribution in [2.75, 3.05) is 10.6 Å². The van der Waals surface area contributed by atoms with Gasteiger partial charge in [0.2, 0.25) is 17.5 Å². The Labute approximate surface area is 188 Å². The largest absolute Gasteiger partial charge is 0.389 e. The third-order valence-electron chi connectivity index (χ3n) is 4.68. The van der Waals surface area contributed by atoms with Crippen molar-refractivity contribution in [2.45, 2.75) is 38.6 Å². The Kier molecular flexibility index (Phi) is 5.91. The van der Waals surface area contributed by atoms with Crippen LogP contribution >= 0.6 is 11.6 Å². The van der Waals surface area contributed by atoms with E-state index in [0.29, 0.717) is 22.4 Å². The van der Waals surface area contributed by atoms with Crippen molar-refractivity contribution in [1.29, 1.82) is 0 Å². The van der Waals surface area contributed by atoms with Crippen LogP contribution in [-0.4, -0.2) is 42.2 Å². The number of anilines is 4. The molecule has 4 rings (SSSR count). The van der Waals surface area contributed by atoms with Gasteiger partial charge in [-0.2, -0.15) is 15.1 Å². The number of para-hydroxylation sites is 1. The van der Waals surface area contributed by atoms with E-state index < -0.39 is 16.5 Å². The quantitative estimate of drug-likeness (QED) is 0.317. The second-order valence-corrected chi connectivity index (χ2v) is 8.11. The number of nitrogens with one attached hydrogen (secondary N) is 4. The summed E-state index contributed by atoms with van der Waals surface area (Å²) in [6, 6.07) is 8.50. The van der Waals surface area contributed by atoms with Gasteiger partial charge in [-0.15, -0.1) is 0 Å². The van der Waals surface area contributed by atoms with E-state index in [1.807, 2.05) is 0 Å². The first-order chi connectivity index (χ1) is 15.3. The number of halogens is 1. The van der Waals surface area contributed by atoms with Crippen LogP contribution in [0.25, 0.3) is 0 Å². The number of hydrogen-bond donors (Lipinski definition) is 5. The highest BCUT2D eigenvalue weighted by Crippen LogP contribution is 2.40. The molecule has 2 heterocycles. The molecule has 0 aliphatic heterocycles. The van der Waals surface area contributed by atoms with Crippen molar-refractivity contribution in [1.82, 2.24) is 25.5 Å². The van der Waals surface area contributed by atoms with Crippen molar-refractivity contribution in [3.63, 3.8) is 0 Å². The minimum Gasteiger partial charge on any atom is -0.348 e. The molecule has 12 heteroatoms. The zero-order valence-corrected chi connectivity index (χ0v) is 18.1. The summed E-state index contributed by atoms with van der Waals surface area (Å²) < 4.78 is 0. The summed E-state index contributed by atoms with van der Waals surface area (Å²) >= 11 is 6.21. The Morgan fingerprint density at radius 3 is 2.66 bits per heavy atom. The molecular weight excluding hydrogens is 436 g/mol. The number of benzene rings is 1. The van der Waals surface area contributed by atoms with E-state index in [9.17, 15) is 14.9 Å². The minimum absolute atomic E-state index is 0.00189. The van der Waals surface area contributed by atoms with Gasteiger partial charge in [0.25, 0.3) is 10.8 Å². The molecule has 11 nitrogen and oxygen atoms in total. The zero-order valence-electron chi connectivity index (χ0n) is 17.4. The molecule has 5 N–H and O–H groups in total. The lowest BCUT2D eigenvalue weighted by Gasteiger charge is -2.12. The Hall–Kier alpha value is -3.73. The molecular formula is C20H22ClN8O3+. The predicted octanol–water partition coefficient (Wildman–Crippen LogP) is 4.16. The summed E-state index contributed by atoms with van der Waals surface area (Å²) in [5.74, 6) is 0.118. The number of rotatable bonds is 8. The molecule has 0 radical (unpaired) electrons. The molecule has 1 amide bonds. The molecule has 1 aromatic carbocycles. The lowest BCUT2D eigenvalue weighted by molar-refractivity contribution is -0.729. The van der Waals surface area contributed by atoms with Crippen LogP contribution in [-0.2, 0) is 0 Å². The van der Waals surface area contributed by atoms with Crippen LogP contribution in [0.15, 0.2) is 30.3 Å². The average Bonchev–Trinajstić information content (AvgIpc) is 3.48. The smallest absolute Gasteiger partial charge is 0.348 e. The summed E-state index contributed by atoms with van der Waals surface area (Å²) in [5, 5.41) is 25.8. The first-order valence-electron chi connectivity index (χ1n) is 10.0. The van der Waals surface area contributed by atoms with Gasteiger partial charge in [-0.1, -0.05) is 23.7 Å². The van der Waals surface area contributed by atoms with E-state index in [1.54, 1.807) is 44.2 Å². The Morgan fingerprint density at radius 2 is 2.00 bits per heavy atom. The van der Waals surface area contributed by atoms with E-state index in [-0.39, 0.29) is 23.5 Å². The molecule has 0 saturated heterocycles. The molecule has 0 spiro atoms. The number of nitrogens with zero attached hydrogens (tertiary/aromatic N) is 4. The first-order valence-corrected chi connectivity index (χ1v) is 10.4. The van der Waals surface area contributed by atoms with Gasteiger partial charge in [-0.3, -0.25) is 9.89 Å². The Bertz CT molecular complexity index is 1180. The van der Waals surface area contributed by atoms with Gasteiger partial charge >= 0.3 is 5.69 Å². The van der Waals surface area contributed by atoms with Gasteiger partial charge in [-0.05, 0) is 38.8 Å². The van der Waals surface area contributed by atoms with Gasteiger partial charge in [0.15, 0.2) is 0 Å². The van der Waals surface area contributed by atoms with Crippen molar-refractivity contribution in [3.8, 4) is 0 Å². The summed E-state index contributed by atoms with van der Waals surface area (Å²) in [6.07, 6.45) is 2.14. The highest BCUT2D eigenvalue weighted by molar-refractivity contribution is 6.33. The molecule has 32 heavy (non-hydrogen) atoms. The third-order valence-corrected chi connectivity index (χ3v) is 5.01. The van der Waals surface area contributed by atoms with Gasteiger partial charge in [0, 0.05) is 18.0 Å². The van der Waals surface area contributed by atoms with Crippen molar-refractivity contribution in [2.24, 2.45) is 0 Å². The molecule has 1 aliphatic carbocycles. The highest BCUT2D eigenvalue weighted by Gasteiger charge is 2.34.